The Morgan fingerprint density at radius 1 is 1.15 bits per heavy atom. The zero-order valence-electron chi connectivity index (χ0n) is 17.3. The topological polar surface area (TPSA) is 89.1 Å². The van der Waals surface area contributed by atoms with Crippen LogP contribution in [0.2, 0.25) is 10.0 Å². The normalized spacial score (nSPS) is 27.0. The van der Waals surface area contributed by atoms with Crippen LogP contribution < -0.4 is 10.1 Å². The summed E-state index contributed by atoms with van der Waals surface area (Å²) in [5.74, 6) is 4.93. The van der Waals surface area contributed by atoms with Crippen molar-refractivity contribution >= 4 is 46.0 Å². The van der Waals surface area contributed by atoms with E-state index in [1.165, 1.54) is 0 Å². The van der Waals surface area contributed by atoms with Gasteiger partial charge in [-0.05, 0) is 36.8 Å². The number of allylic oxidation sites excluding steroid dienone is 4. The summed E-state index contributed by atoms with van der Waals surface area (Å²) in [5, 5.41) is 3.83. The lowest BCUT2D eigenvalue weighted by molar-refractivity contribution is -0.116. The number of ether oxygens (including phenoxy) is 2. The van der Waals surface area contributed by atoms with Crippen LogP contribution in [-0.2, 0) is 16.0 Å². The van der Waals surface area contributed by atoms with Gasteiger partial charge in [0.05, 0.1) is 27.0 Å². The van der Waals surface area contributed by atoms with Gasteiger partial charge < -0.3 is 19.8 Å². The first-order valence-electron chi connectivity index (χ1n) is 10.9. The SMILES string of the molecule is O=C1CCc2c(OC3=CC=C4O[C@@H]5[C@@H](c6nc7cc(Cl)c(Cl)cc7[nH]6)[C@@H]5C4C3)ccnc2N1. The molecule has 1 unspecified atom stereocenters. The van der Waals surface area contributed by atoms with Crippen LogP contribution in [-0.4, -0.2) is 27.0 Å². The first kappa shape index (κ1) is 19.4. The summed E-state index contributed by atoms with van der Waals surface area (Å²) in [5.41, 5.74) is 2.63. The molecule has 0 bridgehead atoms. The third-order valence-electron chi connectivity index (χ3n) is 6.94. The fourth-order valence-electron chi connectivity index (χ4n) is 5.32. The summed E-state index contributed by atoms with van der Waals surface area (Å²) in [7, 11) is 0. The van der Waals surface area contributed by atoms with Gasteiger partial charge >= 0.3 is 0 Å². The number of amides is 1. The van der Waals surface area contributed by atoms with Crippen LogP contribution in [0, 0.1) is 11.8 Å². The number of benzene rings is 1. The number of carbonyl (C=O) groups is 1. The molecule has 3 aromatic rings. The van der Waals surface area contributed by atoms with Gasteiger partial charge in [0.1, 0.15) is 35.0 Å². The van der Waals surface area contributed by atoms with E-state index in [-0.39, 0.29) is 23.8 Å². The second-order valence-corrected chi connectivity index (χ2v) is 9.70. The molecular formula is C24H18Cl2N4O3. The highest BCUT2D eigenvalue weighted by Gasteiger charge is 2.65. The highest BCUT2D eigenvalue weighted by atomic mass is 35.5. The molecule has 2 aromatic heterocycles. The van der Waals surface area contributed by atoms with E-state index in [1.54, 1.807) is 12.3 Å². The Balaban J connectivity index is 1.11. The predicted octanol–water partition coefficient (Wildman–Crippen LogP) is 5.13. The number of fused-ring (bicyclic) bond motifs is 5. The Hall–Kier alpha value is -3.03. The van der Waals surface area contributed by atoms with E-state index < -0.39 is 0 Å². The van der Waals surface area contributed by atoms with Crippen molar-refractivity contribution in [2.24, 2.45) is 11.8 Å². The summed E-state index contributed by atoms with van der Waals surface area (Å²) >= 11 is 12.3. The van der Waals surface area contributed by atoms with Crippen LogP contribution in [0.4, 0.5) is 5.82 Å². The van der Waals surface area contributed by atoms with Crippen LogP contribution in [0.1, 0.15) is 30.1 Å². The monoisotopic (exact) mass is 480 g/mol. The molecule has 2 N–H and O–H groups in total. The number of hydrogen-bond acceptors (Lipinski definition) is 5. The van der Waals surface area contributed by atoms with Gasteiger partial charge in [-0.15, -0.1) is 0 Å². The van der Waals surface area contributed by atoms with E-state index >= 15 is 0 Å². The van der Waals surface area contributed by atoms with Crippen molar-refractivity contribution in [2.45, 2.75) is 31.3 Å². The molecule has 1 aromatic carbocycles. The minimum atomic E-state index is -0.0133. The zero-order chi connectivity index (χ0) is 22.3. The van der Waals surface area contributed by atoms with Gasteiger partial charge in [-0.2, -0.15) is 0 Å². The highest BCUT2D eigenvalue weighted by molar-refractivity contribution is 6.42. The number of imidazole rings is 1. The van der Waals surface area contributed by atoms with Crippen LogP contribution in [0.15, 0.2) is 48.1 Å². The summed E-state index contributed by atoms with van der Waals surface area (Å²) in [4.78, 5) is 24.1. The number of anilines is 1. The Kier molecular flexibility index (Phi) is 4.11. The molecule has 7 rings (SSSR count). The summed E-state index contributed by atoms with van der Waals surface area (Å²) in [6.07, 6.45) is 7.59. The Bertz CT molecular complexity index is 1370. The highest BCUT2D eigenvalue weighted by Crippen LogP contribution is 2.63. The molecule has 7 nitrogen and oxygen atoms in total. The fourth-order valence-corrected chi connectivity index (χ4v) is 5.64. The molecule has 0 spiro atoms. The van der Waals surface area contributed by atoms with Crippen molar-refractivity contribution in [3.05, 3.63) is 69.5 Å². The minimum Gasteiger partial charge on any atom is -0.493 e. The minimum absolute atomic E-state index is 0.0133. The third kappa shape index (κ3) is 3.06. The second kappa shape index (κ2) is 6.98. The maximum Gasteiger partial charge on any atom is 0.225 e. The fraction of sp³-hybridized carbons (Fsp3) is 0.292. The predicted molar refractivity (Wildman–Crippen MR) is 123 cm³/mol. The molecule has 4 aliphatic rings. The van der Waals surface area contributed by atoms with Crippen molar-refractivity contribution in [1.82, 2.24) is 15.0 Å². The number of hydrogen-bond donors (Lipinski definition) is 2. The van der Waals surface area contributed by atoms with E-state index in [0.29, 0.717) is 34.6 Å². The Morgan fingerprint density at radius 2 is 2.03 bits per heavy atom. The first-order chi connectivity index (χ1) is 16.0. The van der Waals surface area contributed by atoms with Gasteiger partial charge in [0, 0.05) is 36.4 Å². The van der Waals surface area contributed by atoms with E-state index in [1.807, 2.05) is 24.3 Å². The largest absolute Gasteiger partial charge is 0.493 e. The van der Waals surface area contributed by atoms with E-state index in [4.69, 9.17) is 37.7 Å². The van der Waals surface area contributed by atoms with Crippen LogP contribution in [0.25, 0.3) is 11.0 Å². The lowest BCUT2D eigenvalue weighted by Crippen LogP contribution is -2.21. The average molecular weight is 481 g/mol. The quantitative estimate of drug-likeness (QED) is 0.542. The molecule has 2 aliphatic heterocycles. The third-order valence-corrected chi connectivity index (χ3v) is 7.66. The molecule has 4 atom stereocenters. The molecule has 9 heteroatoms. The molecule has 2 fully saturated rings. The molecule has 166 valence electrons. The number of rotatable bonds is 3. The van der Waals surface area contributed by atoms with Crippen LogP contribution in [0.5, 0.6) is 5.75 Å². The zero-order valence-corrected chi connectivity index (χ0v) is 18.8. The Morgan fingerprint density at radius 3 is 2.94 bits per heavy atom. The van der Waals surface area contributed by atoms with Gasteiger partial charge in [-0.25, -0.2) is 9.97 Å². The molecular weight excluding hydrogens is 463 g/mol. The van der Waals surface area contributed by atoms with Crippen molar-refractivity contribution in [3.63, 3.8) is 0 Å². The summed E-state index contributed by atoms with van der Waals surface area (Å²) in [6.45, 7) is 0. The lowest BCUT2D eigenvalue weighted by Gasteiger charge is -2.23. The molecule has 0 radical (unpaired) electrons. The number of carbonyl (C=O) groups excluding carboxylic acids is 1. The smallest absolute Gasteiger partial charge is 0.225 e. The average Bonchev–Trinajstić information content (AvgIpc) is 3.15. The maximum atomic E-state index is 11.7. The number of nitrogens with one attached hydrogen (secondary N) is 2. The number of halogens is 2. The van der Waals surface area contributed by atoms with Crippen molar-refractivity contribution in [3.8, 4) is 5.75 Å². The first-order valence-corrected chi connectivity index (χ1v) is 11.7. The number of pyridine rings is 1. The number of nitrogens with zero attached hydrogens (tertiary/aromatic N) is 2. The van der Waals surface area contributed by atoms with Crippen LogP contribution >= 0.6 is 23.2 Å². The van der Waals surface area contributed by atoms with Gasteiger partial charge in [0.25, 0.3) is 0 Å². The van der Waals surface area contributed by atoms with E-state index in [0.717, 1.165) is 46.1 Å². The summed E-state index contributed by atoms with van der Waals surface area (Å²) in [6, 6.07) is 5.46. The van der Waals surface area contributed by atoms with Gasteiger partial charge in [-0.1, -0.05) is 23.2 Å². The summed E-state index contributed by atoms with van der Waals surface area (Å²) < 4.78 is 12.5. The van der Waals surface area contributed by atoms with Crippen LogP contribution in [0.3, 0.4) is 0 Å². The number of aromatic amines is 1. The Labute approximate surface area is 198 Å². The number of H-pyrrole nitrogens is 1. The van der Waals surface area contributed by atoms with Crippen molar-refractivity contribution < 1.29 is 14.3 Å². The van der Waals surface area contributed by atoms with Crippen molar-refractivity contribution in [2.75, 3.05) is 5.32 Å². The van der Waals surface area contributed by atoms with Crippen molar-refractivity contribution in [1.29, 1.82) is 0 Å². The molecule has 1 saturated heterocycles. The number of aromatic nitrogens is 3. The maximum absolute atomic E-state index is 11.7. The lowest BCUT2D eigenvalue weighted by atomic mass is 9.92. The second-order valence-electron chi connectivity index (χ2n) is 8.89. The molecule has 1 amide bonds. The molecule has 1 saturated carbocycles. The van der Waals surface area contributed by atoms with E-state index in [2.05, 4.69) is 15.3 Å². The standard InChI is InChI=1S/C24H18Cl2N4O3/c25-13-8-15-16(9-14(13)26)29-24(28-15)21-20-12-7-10(1-3-17(12)33-22(20)21)32-18-5-6-27-23-11(18)2-4-19(31)30-23/h1,3,5-6,8-9,12,20-22H,2,4,7H2,(H,28,29)(H,27,30,31)/t12?,20-,21-,22-/m0/s1. The molecule has 2 aliphatic carbocycles. The molecule has 4 heterocycles. The van der Waals surface area contributed by atoms with Gasteiger partial charge in [0.15, 0.2) is 0 Å². The molecule has 33 heavy (non-hydrogen) atoms. The van der Waals surface area contributed by atoms with E-state index in [9.17, 15) is 4.79 Å². The van der Waals surface area contributed by atoms with Gasteiger partial charge in [0.2, 0.25) is 5.91 Å². The van der Waals surface area contributed by atoms with Gasteiger partial charge in [-0.3, -0.25) is 4.79 Å².